The summed E-state index contributed by atoms with van der Waals surface area (Å²) in [6.45, 7) is 9.61. The molecule has 0 aromatic heterocycles. The Morgan fingerprint density at radius 1 is 1.22 bits per heavy atom. The summed E-state index contributed by atoms with van der Waals surface area (Å²) in [4.78, 5) is 2.48. The van der Waals surface area contributed by atoms with Crippen LogP contribution in [0.25, 0.3) is 6.08 Å². The quantitative estimate of drug-likeness (QED) is 0.811. The lowest BCUT2D eigenvalue weighted by Crippen LogP contribution is -2.45. The molecule has 1 aromatic rings. The lowest BCUT2D eigenvalue weighted by Gasteiger charge is -2.35. The third-order valence-corrected chi connectivity index (χ3v) is 3.18. The summed E-state index contributed by atoms with van der Waals surface area (Å²) < 4.78 is 5.76. The van der Waals surface area contributed by atoms with E-state index in [2.05, 4.69) is 62.1 Å². The maximum absolute atomic E-state index is 5.76. The lowest BCUT2D eigenvalue weighted by molar-refractivity contribution is -0.0652. The number of rotatable bonds is 3. The molecule has 0 N–H and O–H groups in total. The SMILES string of the molecule is CC(=Cc1ccccc1)CN1C[C@@H](C)O[C@@H](C)C1. The Balaban J connectivity index is 1.94. The van der Waals surface area contributed by atoms with Gasteiger partial charge in [0.05, 0.1) is 12.2 Å². The summed E-state index contributed by atoms with van der Waals surface area (Å²) in [5, 5.41) is 0. The van der Waals surface area contributed by atoms with Gasteiger partial charge in [0.25, 0.3) is 0 Å². The molecule has 1 heterocycles. The highest BCUT2D eigenvalue weighted by Gasteiger charge is 2.21. The van der Waals surface area contributed by atoms with Crippen LogP contribution in [0.2, 0.25) is 0 Å². The Hall–Kier alpha value is -1.12. The van der Waals surface area contributed by atoms with Crippen molar-refractivity contribution in [2.45, 2.75) is 33.0 Å². The van der Waals surface area contributed by atoms with E-state index in [0.717, 1.165) is 19.6 Å². The van der Waals surface area contributed by atoms with Gasteiger partial charge in [0, 0.05) is 19.6 Å². The Labute approximate surface area is 110 Å². The van der Waals surface area contributed by atoms with E-state index in [-0.39, 0.29) is 0 Å². The van der Waals surface area contributed by atoms with Crippen molar-refractivity contribution >= 4 is 6.08 Å². The molecule has 2 heteroatoms. The van der Waals surface area contributed by atoms with Crippen LogP contribution in [0.3, 0.4) is 0 Å². The molecule has 0 bridgehead atoms. The van der Waals surface area contributed by atoms with Crippen molar-refractivity contribution in [2.24, 2.45) is 0 Å². The largest absolute Gasteiger partial charge is 0.373 e. The van der Waals surface area contributed by atoms with E-state index >= 15 is 0 Å². The maximum Gasteiger partial charge on any atom is 0.0678 e. The normalized spacial score (nSPS) is 26.3. The highest BCUT2D eigenvalue weighted by atomic mass is 16.5. The number of nitrogens with zero attached hydrogens (tertiary/aromatic N) is 1. The summed E-state index contributed by atoms with van der Waals surface area (Å²) >= 11 is 0. The molecule has 1 aliphatic rings. The van der Waals surface area contributed by atoms with Crippen LogP contribution in [0.5, 0.6) is 0 Å². The fourth-order valence-corrected chi connectivity index (χ4v) is 2.65. The van der Waals surface area contributed by atoms with Gasteiger partial charge >= 0.3 is 0 Å². The Morgan fingerprint density at radius 3 is 2.44 bits per heavy atom. The molecule has 2 atom stereocenters. The zero-order chi connectivity index (χ0) is 13.0. The minimum atomic E-state index is 0.346. The maximum atomic E-state index is 5.76. The highest BCUT2D eigenvalue weighted by Crippen LogP contribution is 2.13. The standard InChI is InChI=1S/C16H23NO/c1-13(9-16-7-5-4-6-8-16)10-17-11-14(2)18-15(3)12-17/h4-9,14-15H,10-12H2,1-3H3/t14-,15+. The molecule has 0 saturated carbocycles. The third-order valence-electron chi connectivity index (χ3n) is 3.18. The monoisotopic (exact) mass is 245 g/mol. The Morgan fingerprint density at radius 2 is 1.83 bits per heavy atom. The molecule has 1 saturated heterocycles. The number of benzene rings is 1. The van der Waals surface area contributed by atoms with Crippen molar-refractivity contribution in [3.05, 3.63) is 41.5 Å². The first-order valence-corrected chi connectivity index (χ1v) is 6.73. The second-order valence-electron chi connectivity index (χ2n) is 5.35. The molecule has 18 heavy (non-hydrogen) atoms. The van der Waals surface area contributed by atoms with Gasteiger partial charge in [0.2, 0.25) is 0 Å². The first kappa shape index (κ1) is 13.3. The van der Waals surface area contributed by atoms with Gasteiger partial charge in [-0.3, -0.25) is 4.90 Å². The van der Waals surface area contributed by atoms with Gasteiger partial charge in [-0.2, -0.15) is 0 Å². The molecule has 0 unspecified atom stereocenters. The van der Waals surface area contributed by atoms with Gasteiger partial charge in [0.15, 0.2) is 0 Å². The first-order chi connectivity index (χ1) is 8.63. The molecule has 0 spiro atoms. The number of morpholine rings is 1. The first-order valence-electron chi connectivity index (χ1n) is 6.73. The highest BCUT2D eigenvalue weighted by molar-refractivity contribution is 5.52. The Kier molecular flexibility index (Phi) is 4.56. The van der Waals surface area contributed by atoms with Crippen molar-refractivity contribution in [3.63, 3.8) is 0 Å². The smallest absolute Gasteiger partial charge is 0.0678 e. The van der Waals surface area contributed by atoms with Crippen LogP contribution in [0.1, 0.15) is 26.3 Å². The van der Waals surface area contributed by atoms with Crippen molar-refractivity contribution < 1.29 is 4.74 Å². The molecule has 2 nitrogen and oxygen atoms in total. The van der Waals surface area contributed by atoms with E-state index in [4.69, 9.17) is 4.74 Å². The van der Waals surface area contributed by atoms with Crippen LogP contribution in [0, 0.1) is 0 Å². The van der Waals surface area contributed by atoms with Gasteiger partial charge in [-0.05, 0) is 26.3 Å². The van der Waals surface area contributed by atoms with E-state index in [0.29, 0.717) is 12.2 Å². The summed E-state index contributed by atoms with van der Waals surface area (Å²) in [5.74, 6) is 0. The van der Waals surface area contributed by atoms with Crippen LogP contribution >= 0.6 is 0 Å². The second kappa shape index (κ2) is 6.17. The zero-order valence-electron chi connectivity index (χ0n) is 11.6. The lowest BCUT2D eigenvalue weighted by atomic mass is 10.1. The molecule has 1 aromatic carbocycles. The molecular weight excluding hydrogens is 222 g/mol. The van der Waals surface area contributed by atoms with Gasteiger partial charge in [-0.1, -0.05) is 42.0 Å². The molecule has 0 radical (unpaired) electrons. The van der Waals surface area contributed by atoms with Gasteiger partial charge in [-0.15, -0.1) is 0 Å². The summed E-state index contributed by atoms with van der Waals surface area (Å²) in [5.41, 5.74) is 2.69. The molecule has 1 fully saturated rings. The van der Waals surface area contributed by atoms with Crippen molar-refractivity contribution in [1.82, 2.24) is 4.90 Å². The minimum absolute atomic E-state index is 0.346. The van der Waals surface area contributed by atoms with E-state index < -0.39 is 0 Å². The zero-order valence-corrected chi connectivity index (χ0v) is 11.6. The van der Waals surface area contributed by atoms with E-state index in [1.807, 2.05) is 0 Å². The van der Waals surface area contributed by atoms with Crippen LogP contribution in [-0.2, 0) is 4.74 Å². The molecule has 98 valence electrons. The number of hydrogen-bond donors (Lipinski definition) is 0. The van der Waals surface area contributed by atoms with Crippen LogP contribution in [0.15, 0.2) is 35.9 Å². The van der Waals surface area contributed by atoms with Gasteiger partial charge < -0.3 is 4.74 Å². The molecule has 2 rings (SSSR count). The van der Waals surface area contributed by atoms with Crippen molar-refractivity contribution in [2.75, 3.05) is 19.6 Å². The molecule has 1 aliphatic heterocycles. The topological polar surface area (TPSA) is 12.5 Å². The van der Waals surface area contributed by atoms with E-state index in [9.17, 15) is 0 Å². The molecule has 0 aliphatic carbocycles. The van der Waals surface area contributed by atoms with Crippen molar-refractivity contribution in [3.8, 4) is 0 Å². The number of hydrogen-bond acceptors (Lipinski definition) is 2. The van der Waals surface area contributed by atoms with Crippen LogP contribution < -0.4 is 0 Å². The predicted molar refractivity (Wildman–Crippen MR) is 76.5 cm³/mol. The van der Waals surface area contributed by atoms with Gasteiger partial charge in [-0.25, -0.2) is 0 Å². The predicted octanol–water partition coefficient (Wildman–Crippen LogP) is 3.20. The second-order valence-corrected chi connectivity index (χ2v) is 5.35. The fourth-order valence-electron chi connectivity index (χ4n) is 2.65. The summed E-state index contributed by atoms with van der Waals surface area (Å²) in [6, 6.07) is 10.5. The summed E-state index contributed by atoms with van der Waals surface area (Å²) in [6.07, 6.45) is 2.96. The fraction of sp³-hybridized carbons (Fsp3) is 0.500. The van der Waals surface area contributed by atoms with E-state index in [1.165, 1.54) is 11.1 Å². The minimum Gasteiger partial charge on any atom is -0.373 e. The van der Waals surface area contributed by atoms with Crippen molar-refractivity contribution in [1.29, 1.82) is 0 Å². The van der Waals surface area contributed by atoms with Crippen LogP contribution in [0.4, 0.5) is 0 Å². The third kappa shape index (κ3) is 3.97. The van der Waals surface area contributed by atoms with Gasteiger partial charge in [0.1, 0.15) is 0 Å². The van der Waals surface area contributed by atoms with E-state index in [1.54, 1.807) is 0 Å². The molecule has 0 amide bonds. The average molecular weight is 245 g/mol. The number of ether oxygens (including phenoxy) is 1. The Bertz CT molecular complexity index is 389. The summed E-state index contributed by atoms with van der Waals surface area (Å²) in [7, 11) is 0. The van der Waals surface area contributed by atoms with Crippen LogP contribution in [-0.4, -0.2) is 36.7 Å². The molecular formula is C16H23NO. The average Bonchev–Trinajstić information content (AvgIpc) is 2.28.